The van der Waals surface area contributed by atoms with E-state index in [0.29, 0.717) is 6.04 Å². The molecule has 0 spiro atoms. The summed E-state index contributed by atoms with van der Waals surface area (Å²) in [4.78, 5) is 4.09. The van der Waals surface area contributed by atoms with Gasteiger partial charge in [-0.2, -0.15) is 0 Å². The molecule has 18 heavy (non-hydrogen) atoms. The number of aromatic nitrogens is 1. The lowest BCUT2D eigenvalue weighted by Crippen LogP contribution is -2.34. The largest absolute Gasteiger partial charge is 0.310 e. The Hall–Kier alpha value is -1.15. The highest BCUT2D eigenvalue weighted by Crippen LogP contribution is 2.22. The topological polar surface area (TPSA) is 24.9 Å². The summed E-state index contributed by atoms with van der Waals surface area (Å²) in [5, 5.41) is 3.70. The van der Waals surface area contributed by atoms with Crippen LogP contribution in [0.25, 0.3) is 0 Å². The summed E-state index contributed by atoms with van der Waals surface area (Å²) in [6.07, 6.45) is 13.8. The molecule has 0 aliphatic heterocycles. The summed E-state index contributed by atoms with van der Waals surface area (Å²) >= 11 is 0. The van der Waals surface area contributed by atoms with Crippen molar-refractivity contribution in [2.45, 2.75) is 51.5 Å². The lowest BCUT2D eigenvalue weighted by atomic mass is 9.90. The summed E-state index contributed by atoms with van der Waals surface area (Å²) in [6.45, 7) is 3.33. The number of rotatable bonds is 6. The third-order valence-corrected chi connectivity index (χ3v) is 3.60. The maximum atomic E-state index is 4.09. The van der Waals surface area contributed by atoms with Crippen LogP contribution in [-0.2, 0) is 6.42 Å². The van der Waals surface area contributed by atoms with Crippen molar-refractivity contribution >= 4 is 0 Å². The molecule has 1 aliphatic carbocycles. The van der Waals surface area contributed by atoms with Gasteiger partial charge in [-0.3, -0.25) is 4.98 Å². The molecule has 1 atom stereocenters. The highest BCUT2D eigenvalue weighted by molar-refractivity contribution is 5.20. The fourth-order valence-electron chi connectivity index (χ4n) is 2.59. The lowest BCUT2D eigenvalue weighted by Gasteiger charge is -2.24. The van der Waals surface area contributed by atoms with Crippen molar-refractivity contribution in [2.24, 2.45) is 0 Å². The maximum Gasteiger partial charge on any atom is 0.0320 e. The number of allylic oxidation sites excluding steroid dienone is 1. The predicted molar refractivity (Wildman–Crippen MR) is 76.6 cm³/mol. The van der Waals surface area contributed by atoms with Gasteiger partial charge in [-0.1, -0.05) is 18.6 Å². The van der Waals surface area contributed by atoms with E-state index in [4.69, 9.17) is 0 Å². The molecule has 0 saturated heterocycles. The third kappa shape index (κ3) is 3.95. The van der Waals surface area contributed by atoms with Crippen LogP contribution < -0.4 is 5.32 Å². The van der Waals surface area contributed by atoms with E-state index < -0.39 is 0 Å². The van der Waals surface area contributed by atoms with Crippen molar-refractivity contribution in [3.8, 4) is 0 Å². The van der Waals surface area contributed by atoms with Gasteiger partial charge in [0.15, 0.2) is 0 Å². The van der Waals surface area contributed by atoms with Crippen LogP contribution in [0.3, 0.4) is 0 Å². The Bertz CT molecular complexity index is 370. The van der Waals surface area contributed by atoms with E-state index in [0.717, 1.165) is 13.0 Å². The summed E-state index contributed by atoms with van der Waals surface area (Å²) in [6, 6.07) is 4.78. The van der Waals surface area contributed by atoms with Gasteiger partial charge in [0, 0.05) is 18.4 Å². The molecule has 0 radical (unpaired) electrons. The number of nitrogens with one attached hydrogen (secondary N) is 1. The Morgan fingerprint density at radius 3 is 2.78 bits per heavy atom. The van der Waals surface area contributed by atoms with Crippen LogP contribution in [0.15, 0.2) is 36.2 Å². The molecule has 0 bridgehead atoms. The Balaban J connectivity index is 2.02. The van der Waals surface area contributed by atoms with Crippen LogP contribution in [0, 0.1) is 0 Å². The zero-order chi connectivity index (χ0) is 12.6. The number of nitrogens with zero attached hydrogens (tertiary/aromatic N) is 1. The normalized spacial score (nSPS) is 17.3. The Morgan fingerprint density at radius 2 is 2.11 bits per heavy atom. The SMILES string of the molecule is CCCNC(Cc1ccncc1)C1=CCCCC1. The zero-order valence-electron chi connectivity index (χ0n) is 11.4. The van der Waals surface area contributed by atoms with Crippen LogP contribution in [0.2, 0.25) is 0 Å². The van der Waals surface area contributed by atoms with Gasteiger partial charge < -0.3 is 5.32 Å². The minimum Gasteiger partial charge on any atom is -0.310 e. The van der Waals surface area contributed by atoms with Gasteiger partial charge in [-0.25, -0.2) is 0 Å². The first-order valence-corrected chi connectivity index (χ1v) is 7.21. The minimum atomic E-state index is 0.521. The van der Waals surface area contributed by atoms with E-state index in [1.54, 1.807) is 5.57 Å². The summed E-state index contributed by atoms with van der Waals surface area (Å²) in [5.74, 6) is 0. The highest BCUT2D eigenvalue weighted by Gasteiger charge is 2.15. The van der Waals surface area contributed by atoms with Gasteiger partial charge in [0.25, 0.3) is 0 Å². The molecule has 2 heteroatoms. The standard InChI is InChI=1S/C16H24N2/c1-2-10-18-16(15-6-4-3-5-7-15)13-14-8-11-17-12-9-14/h6,8-9,11-12,16,18H,2-5,7,10,13H2,1H3. The zero-order valence-corrected chi connectivity index (χ0v) is 11.4. The van der Waals surface area contributed by atoms with Crippen molar-refractivity contribution < 1.29 is 0 Å². The van der Waals surface area contributed by atoms with Crippen LogP contribution in [0.4, 0.5) is 0 Å². The fraction of sp³-hybridized carbons (Fsp3) is 0.562. The van der Waals surface area contributed by atoms with Crippen LogP contribution in [0.5, 0.6) is 0 Å². The molecule has 1 aromatic rings. The Kier molecular flexibility index (Phi) is 5.40. The quantitative estimate of drug-likeness (QED) is 0.775. The van der Waals surface area contributed by atoms with E-state index in [2.05, 4.69) is 35.4 Å². The molecular weight excluding hydrogens is 220 g/mol. The summed E-state index contributed by atoms with van der Waals surface area (Å²) in [7, 11) is 0. The molecule has 2 nitrogen and oxygen atoms in total. The second-order valence-electron chi connectivity index (χ2n) is 5.09. The first kappa shape index (κ1) is 13.3. The van der Waals surface area contributed by atoms with Gasteiger partial charge in [0.2, 0.25) is 0 Å². The van der Waals surface area contributed by atoms with Crippen molar-refractivity contribution in [1.82, 2.24) is 10.3 Å². The molecule has 1 heterocycles. The van der Waals surface area contributed by atoms with Crippen LogP contribution in [-0.4, -0.2) is 17.6 Å². The number of pyridine rings is 1. The van der Waals surface area contributed by atoms with Crippen molar-refractivity contribution in [3.63, 3.8) is 0 Å². The van der Waals surface area contributed by atoms with E-state index in [-0.39, 0.29) is 0 Å². The third-order valence-electron chi connectivity index (χ3n) is 3.60. The molecule has 1 aliphatic rings. The van der Waals surface area contributed by atoms with Crippen LogP contribution in [0.1, 0.15) is 44.6 Å². The molecule has 0 fully saturated rings. The lowest BCUT2D eigenvalue weighted by molar-refractivity contribution is 0.526. The van der Waals surface area contributed by atoms with Gasteiger partial charge in [0.05, 0.1) is 0 Å². The van der Waals surface area contributed by atoms with Crippen molar-refractivity contribution in [3.05, 3.63) is 41.7 Å². The van der Waals surface area contributed by atoms with Gasteiger partial charge >= 0.3 is 0 Å². The molecule has 0 aromatic carbocycles. The van der Waals surface area contributed by atoms with E-state index in [1.807, 2.05) is 12.4 Å². The predicted octanol–water partition coefficient (Wildman–Crippen LogP) is 3.49. The minimum absolute atomic E-state index is 0.521. The average molecular weight is 244 g/mol. The maximum absolute atomic E-state index is 4.09. The fourth-order valence-corrected chi connectivity index (χ4v) is 2.59. The second-order valence-corrected chi connectivity index (χ2v) is 5.09. The van der Waals surface area contributed by atoms with Crippen molar-refractivity contribution in [2.75, 3.05) is 6.54 Å². The van der Waals surface area contributed by atoms with E-state index in [1.165, 1.54) is 37.7 Å². The molecule has 1 N–H and O–H groups in total. The molecule has 98 valence electrons. The first-order chi connectivity index (χ1) is 8.90. The Labute approximate surface area is 111 Å². The second kappa shape index (κ2) is 7.32. The highest BCUT2D eigenvalue weighted by atomic mass is 14.9. The first-order valence-electron chi connectivity index (χ1n) is 7.21. The van der Waals surface area contributed by atoms with E-state index >= 15 is 0 Å². The molecule has 1 unspecified atom stereocenters. The smallest absolute Gasteiger partial charge is 0.0320 e. The van der Waals surface area contributed by atoms with Gasteiger partial charge in [0.1, 0.15) is 0 Å². The number of hydrogen-bond donors (Lipinski definition) is 1. The molecular formula is C16H24N2. The molecule has 0 amide bonds. The molecule has 0 saturated carbocycles. The van der Waals surface area contributed by atoms with Gasteiger partial charge in [-0.15, -0.1) is 0 Å². The number of hydrogen-bond acceptors (Lipinski definition) is 2. The Morgan fingerprint density at radius 1 is 1.28 bits per heavy atom. The van der Waals surface area contributed by atoms with Gasteiger partial charge in [-0.05, 0) is 62.8 Å². The van der Waals surface area contributed by atoms with Crippen LogP contribution >= 0.6 is 0 Å². The molecule has 2 rings (SSSR count). The molecule has 1 aromatic heterocycles. The average Bonchev–Trinajstić information content (AvgIpc) is 2.45. The monoisotopic (exact) mass is 244 g/mol. The van der Waals surface area contributed by atoms with E-state index in [9.17, 15) is 0 Å². The summed E-state index contributed by atoms with van der Waals surface area (Å²) < 4.78 is 0. The van der Waals surface area contributed by atoms with Crippen molar-refractivity contribution in [1.29, 1.82) is 0 Å². The summed E-state index contributed by atoms with van der Waals surface area (Å²) in [5.41, 5.74) is 3.00.